The van der Waals surface area contributed by atoms with E-state index in [2.05, 4.69) is 15.9 Å². The van der Waals surface area contributed by atoms with Crippen LogP contribution in [0.2, 0.25) is 0 Å². The molecule has 1 aliphatic rings. The summed E-state index contributed by atoms with van der Waals surface area (Å²) in [5.41, 5.74) is 4.99. The molecule has 1 fully saturated rings. The highest BCUT2D eigenvalue weighted by atomic mass is 79.9. The van der Waals surface area contributed by atoms with Crippen molar-refractivity contribution < 1.29 is 9.59 Å². The highest BCUT2D eigenvalue weighted by Gasteiger charge is 2.28. The van der Waals surface area contributed by atoms with Gasteiger partial charge in [0, 0.05) is 19.5 Å². The van der Waals surface area contributed by atoms with Crippen molar-refractivity contribution >= 4 is 27.7 Å². The van der Waals surface area contributed by atoms with E-state index in [-0.39, 0.29) is 16.6 Å². The Morgan fingerprint density at radius 3 is 2.85 bits per heavy atom. The minimum Gasteiger partial charge on any atom is -0.370 e. The van der Waals surface area contributed by atoms with E-state index >= 15 is 0 Å². The maximum absolute atomic E-state index is 11.3. The molecular formula is C8H13BrN2O2. The molecule has 1 rings (SSSR count). The van der Waals surface area contributed by atoms with Crippen molar-refractivity contribution in [3.63, 3.8) is 0 Å². The minimum absolute atomic E-state index is 0.0268. The van der Waals surface area contributed by atoms with Gasteiger partial charge in [0.1, 0.15) is 0 Å². The van der Waals surface area contributed by atoms with Crippen molar-refractivity contribution in [3.8, 4) is 0 Å². The lowest BCUT2D eigenvalue weighted by molar-refractivity contribution is -0.127. The third-order valence-electron chi connectivity index (χ3n) is 2.08. The van der Waals surface area contributed by atoms with E-state index in [1.165, 1.54) is 0 Å². The van der Waals surface area contributed by atoms with E-state index in [0.717, 1.165) is 13.0 Å². The van der Waals surface area contributed by atoms with Gasteiger partial charge < -0.3 is 10.6 Å². The van der Waals surface area contributed by atoms with Crippen molar-refractivity contribution in [2.24, 2.45) is 5.73 Å². The van der Waals surface area contributed by atoms with Crippen LogP contribution in [0.1, 0.15) is 19.3 Å². The number of primary amides is 1. The molecular weight excluding hydrogens is 236 g/mol. The lowest BCUT2D eigenvalue weighted by atomic mass is 10.3. The largest absolute Gasteiger partial charge is 0.370 e. The predicted octanol–water partition coefficient (Wildman–Crippen LogP) is 0.248. The Balaban J connectivity index is 2.23. The Bertz CT molecular complexity index is 220. The smallest absolute Gasteiger partial charge is 0.236 e. The Morgan fingerprint density at radius 1 is 1.69 bits per heavy atom. The zero-order chi connectivity index (χ0) is 9.84. The average Bonchev–Trinajstić information content (AvgIpc) is 2.35. The number of likely N-dealkylation sites (tertiary alicyclic amines) is 1. The number of carbonyl (C=O) groups excluding carboxylic acids is 2. The molecule has 1 atom stereocenters. The highest BCUT2D eigenvalue weighted by Crippen LogP contribution is 2.18. The molecule has 0 radical (unpaired) electrons. The number of carbonyl (C=O) groups is 2. The van der Waals surface area contributed by atoms with Crippen LogP contribution in [0.25, 0.3) is 0 Å². The summed E-state index contributed by atoms with van der Waals surface area (Å²) >= 11 is 3.28. The van der Waals surface area contributed by atoms with E-state index in [1.54, 1.807) is 4.90 Å². The maximum atomic E-state index is 11.3. The van der Waals surface area contributed by atoms with Gasteiger partial charge in [-0.15, -0.1) is 0 Å². The molecule has 0 aromatic heterocycles. The van der Waals surface area contributed by atoms with Gasteiger partial charge in [-0.25, -0.2) is 0 Å². The molecule has 0 aromatic carbocycles. The Labute approximate surface area is 85.6 Å². The second-order valence-corrected chi connectivity index (χ2v) is 4.26. The SMILES string of the molecule is NC(=O)CCCN1CCC(Br)C1=O. The molecule has 13 heavy (non-hydrogen) atoms. The van der Waals surface area contributed by atoms with Crippen molar-refractivity contribution in [1.82, 2.24) is 4.90 Å². The summed E-state index contributed by atoms with van der Waals surface area (Å²) in [6.07, 6.45) is 1.88. The van der Waals surface area contributed by atoms with Crippen molar-refractivity contribution in [3.05, 3.63) is 0 Å². The summed E-state index contributed by atoms with van der Waals surface area (Å²) in [5.74, 6) is -0.175. The summed E-state index contributed by atoms with van der Waals surface area (Å²) in [5, 5.41) is 0. The number of nitrogens with zero attached hydrogens (tertiary/aromatic N) is 1. The van der Waals surface area contributed by atoms with Gasteiger partial charge in [0.15, 0.2) is 0 Å². The summed E-state index contributed by atoms with van der Waals surface area (Å²) in [6.45, 7) is 1.43. The molecule has 1 saturated heterocycles. The Hall–Kier alpha value is -0.580. The lowest BCUT2D eigenvalue weighted by Crippen LogP contribution is -2.29. The fraction of sp³-hybridized carbons (Fsp3) is 0.750. The van der Waals surface area contributed by atoms with Gasteiger partial charge in [-0.2, -0.15) is 0 Å². The topological polar surface area (TPSA) is 63.4 Å². The van der Waals surface area contributed by atoms with Crippen LogP contribution >= 0.6 is 15.9 Å². The number of rotatable bonds is 4. The number of halogens is 1. The first-order valence-electron chi connectivity index (χ1n) is 4.32. The number of amides is 2. The monoisotopic (exact) mass is 248 g/mol. The molecule has 2 amide bonds. The second-order valence-electron chi connectivity index (χ2n) is 3.15. The van der Waals surface area contributed by atoms with Crippen LogP contribution in [-0.4, -0.2) is 34.6 Å². The van der Waals surface area contributed by atoms with Gasteiger partial charge in [0.05, 0.1) is 4.83 Å². The molecule has 5 heteroatoms. The molecule has 1 aliphatic heterocycles. The van der Waals surface area contributed by atoms with Gasteiger partial charge in [-0.1, -0.05) is 15.9 Å². The average molecular weight is 249 g/mol. The summed E-state index contributed by atoms with van der Waals surface area (Å²) in [4.78, 5) is 23.5. The van der Waals surface area contributed by atoms with E-state index in [4.69, 9.17) is 5.73 Å². The molecule has 0 spiro atoms. The van der Waals surface area contributed by atoms with E-state index in [9.17, 15) is 9.59 Å². The molecule has 0 saturated carbocycles. The highest BCUT2D eigenvalue weighted by molar-refractivity contribution is 9.10. The van der Waals surface area contributed by atoms with E-state index in [1.807, 2.05) is 0 Å². The molecule has 1 unspecified atom stereocenters. The molecule has 4 nitrogen and oxygen atoms in total. The molecule has 0 bridgehead atoms. The fourth-order valence-corrected chi connectivity index (χ4v) is 1.86. The third kappa shape index (κ3) is 2.99. The van der Waals surface area contributed by atoms with Gasteiger partial charge in [-0.05, 0) is 12.8 Å². The third-order valence-corrected chi connectivity index (χ3v) is 2.93. The predicted molar refractivity (Wildman–Crippen MR) is 52.3 cm³/mol. The summed E-state index contributed by atoms with van der Waals surface area (Å²) in [7, 11) is 0. The van der Waals surface area contributed by atoms with Gasteiger partial charge in [0.25, 0.3) is 0 Å². The van der Waals surface area contributed by atoms with Crippen LogP contribution in [0.15, 0.2) is 0 Å². The van der Waals surface area contributed by atoms with Crippen molar-refractivity contribution in [1.29, 1.82) is 0 Å². The van der Waals surface area contributed by atoms with E-state index in [0.29, 0.717) is 19.4 Å². The minimum atomic E-state index is -0.304. The normalized spacial score (nSPS) is 22.4. The van der Waals surface area contributed by atoms with Crippen LogP contribution in [0.3, 0.4) is 0 Å². The van der Waals surface area contributed by atoms with Crippen molar-refractivity contribution in [2.45, 2.75) is 24.1 Å². The zero-order valence-electron chi connectivity index (χ0n) is 7.33. The van der Waals surface area contributed by atoms with Crippen LogP contribution in [0, 0.1) is 0 Å². The number of alkyl halides is 1. The standard InChI is InChI=1S/C8H13BrN2O2/c9-6-3-5-11(8(6)13)4-1-2-7(10)12/h6H,1-5H2,(H2,10,12). The Morgan fingerprint density at radius 2 is 2.38 bits per heavy atom. The van der Waals surface area contributed by atoms with Crippen LogP contribution < -0.4 is 5.73 Å². The number of nitrogens with two attached hydrogens (primary N) is 1. The molecule has 0 aliphatic carbocycles. The quantitative estimate of drug-likeness (QED) is 0.726. The van der Waals surface area contributed by atoms with E-state index < -0.39 is 0 Å². The lowest BCUT2D eigenvalue weighted by Gasteiger charge is -2.14. The molecule has 2 N–H and O–H groups in total. The number of hydrogen-bond acceptors (Lipinski definition) is 2. The van der Waals surface area contributed by atoms with Crippen LogP contribution in [0.4, 0.5) is 0 Å². The first-order chi connectivity index (χ1) is 6.11. The second kappa shape index (κ2) is 4.60. The zero-order valence-corrected chi connectivity index (χ0v) is 8.92. The van der Waals surface area contributed by atoms with Gasteiger partial charge >= 0.3 is 0 Å². The van der Waals surface area contributed by atoms with Crippen molar-refractivity contribution in [2.75, 3.05) is 13.1 Å². The number of hydrogen-bond donors (Lipinski definition) is 1. The summed E-state index contributed by atoms with van der Waals surface area (Å²) in [6, 6.07) is 0. The fourth-order valence-electron chi connectivity index (χ4n) is 1.37. The maximum Gasteiger partial charge on any atom is 0.236 e. The first kappa shape index (κ1) is 10.5. The van der Waals surface area contributed by atoms with Crippen LogP contribution in [0.5, 0.6) is 0 Å². The van der Waals surface area contributed by atoms with Gasteiger partial charge in [-0.3, -0.25) is 9.59 Å². The summed E-state index contributed by atoms with van der Waals surface area (Å²) < 4.78 is 0. The Kier molecular flexibility index (Phi) is 3.71. The molecule has 0 aromatic rings. The molecule has 74 valence electrons. The van der Waals surface area contributed by atoms with Crippen LogP contribution in [-0.2, 0) is 9.59 Å². The van der Waals surface area contributed by atoms with Gasteiger partial charge in [0.2, 0.25) is 11.8 Å². The molecule has 1 heterocycles. The first-order valence-corrected chi connectivity index (χ1v) is 5.24.